The van der Waals surface area contributed by atoms with E-state index in [0.717, 1.165) is 18.9 Å². The fourth-order valence-corrected chi connectivity index (χ4v) is 2.21. The van der Waals surface area contributed by atoms with Crippen LogP contribution in [0.1, 0.15) is 24.0 Å². The van der Waals surface area contributed by atoms with Crippen LogP contribution in [0.25, 0.3) is 0 Å². The van der Waals surface area contributed by atoms with Crippen LogP contribution in [0.5, 0.6) is 5.75 Å². The Kier molecular flexibility index (Phi) is 4.88. The molecular formula is C14H18F3NO2. The first-order chi connectivity index (χ1) is 9.50. The molecule has 0 radical (unpaired) electrons. The summed E-state index contributed by atoms with van der Waals surface area (Å²) in [5.41, 5.74) is 4.70. The molecule has 2 N–H and O–H groups in total. The van der Waals surface area contributed by atoms with E-state index in [1.807, 2.05) is 0 Å². The van der Waals surface area contributed by atoms with E-state index in [-0.39, 0.29) is 17.9 Å². The largest absolute Gasteiger partial charge is 0.493 e. The molecule has 0 atom stereocenters. The van der Waals surface area contributed by atoms with Gasteiger partial charge in [0.15, 0.2) is 0 Å². The molecule has 0 aliphatic carbocycles. The molecule has 1 aliphatic heterocycles. The van der Waals surface area contributed by atoms with Crippen LogP contribution >= 0.6 is 0 Å². The number of alkyl halides is 3. The molecular weight excluding hydrogens is 271 g/mol. The zero-order valence-electron chi connectivity index (χ0n) is 11.1. The molecule has 0 unspecified atom stereocenters. The summed E-state index contributed by atoms with van der Waals surface area (Å²) in [5, 5.41) is 0. The summed E-state index contributed by atoms with van der Waals surface area (Å²) in [6.07, 6.45) is -2.65. The van der Waals surface area contributed by atoms with E-state index in [2.05, 4.69) is 0 Å². The second kappa shape index (κ2) is 6.45. The van der Waals surface area contributed by atoms with Crippen molar-refractivity contribution in [2.45, 2.75) is 25.6 Å². The molecule has 0 saturated carbocycles. The van der Waals surface area contributed by atoms with Gasteiger partial charge in [0.25, 0.3) is 0 Å². The summed E-state index contributed by atoms with van der Waals surface area (Å²) >= 11 is 0. The zero-order valence-corrected chi connectivity index (χ0v) is 11.1. The summed E-state index contributed by atoms with van der Waals surface area (Å²) in [6.45, 7) is 1.65. The van der Waals surface area contributed by atoms with Crippen LogP contribution < -0.4 is 10.5 Å². The van der Waals surface area contributed by atoms with Crippen molar-refractivity contribution in [2.75, 3.05) is 19.8 Å². The lowest BCUT2D eigenvalue weighted by atomic mass is 10.0. The van der Waals surface area contributed by atoms with E-state index < -0.39 is 11.7 Å². The highest BCUT2D eigenvalue weighted by Crippen LogP contribution is 2.34. The molecule has 2 rings (SSSR count). The molecule has 1 saturated heterocycles. The van der Waals surface area contributed by atoms with E-state index in [1.54, 1.807) is 0 Å². The average Bonchev–Trinajstić information content (AvgIpc) is 2.45. The van der Waals surface area contributed by atoms with Gasteiger partial charge in [-0.2, -0.15) is 13.2 Å². The minimum Gasteiger partial charge on any atom is -0.493 e. The Bertz CT molecular complexity index is 443. The second-order valence-corrected chi connectivity index (χ2v) is 4.89. The van der Waals surface area contributed by atoms with Gasteiger partial charge in [-0.1, -0.05) is 6.07 Å². The van der Waals surface area contributed by atoms with Crippen molar-refractivity contribution in [1.29, 1.82) is 0 Å². The summed E-state index contributed by atoms with van der Waals surface area (Å²) in [5.74, 6) is 0.577. The van der Waals surface area contributed by atoms with Gasteiger partial charge in [0.05, 0.1) is 12.2 Å². The van der Waals surface area contributed by atoms with Crippen LogP contribution in [0.2, 0.25) is 0 Å². The Balaban J connectivity index is 2.04. The molecule has 1 aliphatic rings. The minimum atomic E-state index is -4.41. The van der Waals surface area contributed by atoms with Crippen LogP contribution in [0.3, 0.4) is 0 Å². The smallest absolute Gasteiger partial charge is 0.416 e. The predicted molar refractivity (Wildman–Crippen MR) is 68.4 cm³/mol. The van der Waals surface area contributed by atoms with Crippen molar-refractivity contribution in [2.24, 2.45) is 11.7 Å². The third kappa shape index (κ3) is 3.86. The lowest BCUT2D eigenvalue weighted by Gasteiger charge is -2.22. The Morgan fingerprint density at radius 2 is 1.95 bits per heavy atom. The molecule has 6 heteroatoms. The average molecular weight is 289 g/mol. The molecule has 112 valence electrons. The van der Waals surface area contributed by atoms with Crippen molar-refractivity contribution in [3.63, 3.8) is 0 Å². The van der Waals surface area contributed by atoms with Crippen LogP contribution in [-0.4, -0.2) is 19.8 Å². The lowest BCUT2D eigenvalue weighted by molar-refractivity contribution is -0.138. The molecule has 1 aromatic carbocycles. The Labute approximate surface area is 115 Å². The monoisotopic (exact) mass is 289 g/mol. The maximum atomic E-state index is 12.9. The number of ether oxygens (including phenoxy) is 2. The van der Waals surface area contributed by atoms with Crippen molar-refractivity contribution < 1.29 is 22.6 Å². The van der Waals surface area contributed by atoms with Gasteiger partial charge in [-0.05, 0) is 36.5 Å². The van der Waals surface area contributed by atoms with E-state index >= 15 is 0 Å². The van der Waals surface area contributed by atoms with Gasteiger partial charge in [-0.15, -0.1) is 0 Å². The standard InChI is InChI=1S/C14H18F3NO2/c15-14(16,17)13-7-12(2-1-11(13)8-18)20-9-10-3-5-19-6-4-10/h1-2,7,10H,3-6,8-9,18H2. The number of halogens is 3. The first kappa shape index (κ1) is 15.1. The highest BCUT2D eigenvalue weighted by Gasteiger charge is 2.33. The molecule has 1 aromatic rings. The number of hydrogen-bond acceptors (Lipinski definition) is 3. The normalized spacial score (nSPS) is 17.2. The van der Waals surface area contributed by atoms with E-state index in [0.29, 0.717) is 25.7 Å². The quantitative estimate of drug-likeness (QED) is 0.926. The number of benzene rings is 1. The first-order valence-electron chi connectivity index (χ1n) is 6.61. The van der Waals surface area contributed by atoms with Crippen LogP contribution in [0, 0.1) is 5.92 Å². The van der Waals surface area contributed by atoms with Crippen molar-refractivity contribution in [1.82, 2.24) is 0 Å². The molecule has 20 heavy (non-hydrogen) atoms. The maximum Gasteiger partial charge on any atom is 0.416 e. The van der Waals surface area contributed by atoms with E-state index in [9.17, 15) is 13.2 Å². The summed E-state index contributed by atoms with van der Waals surface area (Å²) in [4.78, 5) is 0. The highest BCUT2D eigenvalue weighted by atomic mass is 19.4. The van der Waals surface area contributed by atoms with Crippen molar-refractivity contribution >= 4 is 0 Å². The molecule has 3 nitrogen and oxygen atoms in total. The molecule has 1 fully saturated rings. The Morgan fingerprint density at radius 1 is 1.25 bits per heavy atom. The molecule has 0 aromatic heterocycles. The summed E-state index contributed by atoms with van der Waals surface area (Å²) in [7, 11) is 0. The maximum absolute atomic E-state index is 12.9. The van der Waals surface area contributed by atoms with Gasteiger partial charge in [-0.25, -0.2) is 0 Å². The topological polar surface area (TPSA) is 44.5 Å². The molecule has 0 spiro atoms. The second-order valence-electron chi connectivity index (χ2n) is 4.89. The van der Waals surface area contributed by atoms with E-state index in [4.69, 9.17) is 15.2 Å². The SMILES string of the molecule is NCc1ccc(OCC2CCOCC2)cc1C(F)(F)F. The van der Waals surface area contributed by atoms with Gasteiger partial charge >= 0.3 is 6.18 Å². The zero-order chi connectivity index (χ0) is 14.6. The minimum absolute atomic E-state index is 0.0796. The highest BCUT2D eigenvalue weighted by molar-refractivity contribution is 5.37. The van der Waals surface area contributed by atoms with Gasteiger partial charge in [0.2, 0.25) is 0 Å². The Morgan fingerprint density at radius 3 is 2.55 bits per heavy atom. The van der Waals surface area contributed by atoms with Gasteiger partial charge in [0, 0.05) is 19.8 Å². The lowest BCUT2D eigenvalue weighted by Crippen LogP contribution is -2.21. The fourth-order valence-electron chi connectivity index (χ4n) is 2.21. The van der Waals surface area contributed by atoms with Gasteiger partial charge in [0.1, 0.15) is 5.75 Å². The van der Waals surface area contributed by atoms with Gasteiger partial charge in [-0.3, -0.25) is 0 Å². The summed E-state index contributed by atoms with van der Waals surface area (Å²) < 4.78 is 49.4. The third-order valence-corrected chi connectivity index (χ3v) is 3.43. The third-order valence-electron chi connectivity index (χ3n) is 3.43. The Hall–Kier alpha value is -1.27. The van der Waals surface area contributed by atoms with Crippen LogP contribution in [-0.2, 0) is 17.5 Å². The van der Waals surface area contributed by atoms with E-state index in [1.165, 1.54) is 12.1 Å². The first-order valence-corrected chi connectivity index (χ1v) is 6.61. The predicted octanol–water partition coefficient (Wildman–Crippen LogP) is 2.97. The summed E-state index contributed by atoms with van der Waals surface area (Å²) in [6, 6.07) is 3.94. The van der Waals surface area contributed by atoms with Crippen LogP contribution in [0.4, 0.5) is 13.2 Å². The fraction of sp³-hybridized carbons (Fsp3) is 0.571. The number of hydrogen-bond donors (Lipinski definition) is 1. The number of nitrogens with two attached hydrogens (primary N) is 1. The van der Waals surface area contributed by atoms with Gasteiger partial charge < -0.3 is 15.2 Å². The van der Waals surface area contributed by atoms with Crippen molar-refractivity contribution in [3.05, 3.63) is 29.3 Å². The van der Waals surface area contributed by atoms with Crippen molar-refractivity contribution in [3.8, 4) is 5.75 Å². The molecule has 0 bridgehead atoms. The van der Waals surface area contributed by atoms with Crippen LogP contribution in [0.15, 0.2) is 18.2 Å². The number of rotatable bonds is 4. The molecule has 1 heterocycles. The molecule has 0 amide bonds.